The van der Waals surface area contributed by atoms with Crippen molar-refractivity contribution in [1.29, 1.82) is 0 Å². The number of pyridine rings is 1. The van der Waals surface area contributed by atoms with E-state index in [-0.39, 0.29) is 27.8 Å². The Kier molecular flexibility index (Phi) is 3.64. The minimum atomic E-state index is -1.48. The number of rotatable bonds is 2. The molecule has 1 aromatic heterocycles. The number of amides is 1. The van der Waals surface area contributed by atoms with E-state index in [1.54, 1.807) is 0 Å². The van der Waals surface area contributed by atoms with Crippen LogP contribution in [-0.2, 0) is 0 Å². The van der Waals surface area contributed by atoms with Gasteiger partial charge in [0.15, 0.2) is 5.43 Å². The summed E-state index contributed by atoms with van der Waals surface area (Å²) in [6, 6.07) is 6.33. The van der Waals surface area contributed by atoms with E-state index in [0.717, 1.165) is 30.3 Å². The number of hydrogen-bond donors (Lipinski definition) is 4. The lowest BCUT2D eigenvalue weighted by Crippen LogP contribution is -2.10. The molecule has 0 unspecified atom stereocenters. The molecule has 3 aromatic rings. The van der Waals surface area contributed by atoms with E-state index in [4.69, 9.17) is 5.11 Å². The van der Waals surface area contributed by atoms with E-state index in [2.05, 4.69) is 4.98 Å². The van der Waals surface area contributed by atoms with Gasteiger partial charge in [-0.3, -0.25) is 10.1 Å². The van der Waals surface area contributed by atoms with Gasteiger partial charge < -0.3 is 15.2 Å². The number of phenols is 1. The second kappa shape index (κ2) is 5.65. The van der Waals surface area contributed by atoms with Gasteiger partial charge in [0.2, 0.25) is 0 Å². The van der Waals surface area contributed by atoms with Gasteiger partial charge in [-0.15, -0.1) is 0 Å². The smallest absolute Gasteiger partial charge is 0.409 e. The van der Waals surface area contributed by atoms with Crippen LogP contribution < -0.4 is 10.7 Å². The van der Waals surface area contributed by atoms with Gasteiger partial charge in [0.25, 0.3) is 0 Å². The van der Waals surface area contributed by atoms with Crippen LogP contribution in [-0.4, -0.2) is 21.3 Å². The molecule has 3 rings (SSSR count). The molecule has 0 aliphatic heterocycles. The highest BCUT2D eigenvalue weighted by molar-refractivity contribution is 5.92. The Morgan fingerprint density at radius 3 is 2.58 bits per heavy atom. The van der Waals surface area contributed by atoms with Crippen molar-refractivity contribution < 1.29 is 23.8 Å². The highest BCUT2D eigenvalue weighted by Crippen LogP contribution is 2.33. The molecule has 0 bridgehead atoms. The monoisotopic (exact) mass is 332 g/mol. The number of benzene rings is 2. The lowest BCUT2D eigenvalue weighted by atomic mass is 10.1. The van der Waals surface area contributed by atoms with Crippen molar-refractivity contribution in [2.45, 2.75) is 0 Å². The van der Waals surface area contributed by atoms with Crippen LogP contribution in [0.4, 0.5) is 19.3 Å². The van der Waals surface area contributed by atoms with Crippen LogP contribution in [0.15, 0.2) is 41.2 Å². The first-order valence-electron chi connectivity index (χ1n) is 6.70. The van der Waals surface area contributed by atoms with E-state index < -0.39 is 28.9 Å². The molecule has 0 aliphatic carbocycles. The number of carboxylic acid groups (broad SMARTS) is 1. The quantitative estimate of drug-likeness (QED) is 0.578. The predicted molar refractivity (Wildman–Crippen MR) is 83.2 cm³/mol. The van der Waals surface area contributed by atoms with E-state index in [1.807, 2.05) is 5.32 Å². The fourth-order valence-electron chi connectivity index (χ4n) is 2.44. The van der Waals surface area contributed by atoms with Crippen LogP contribution in [0.1, 0.15) is 0 Å². The van der Waals surface area contributed by atoms with Gasteiger partial charge in [-0.25, -0.2) is 13.6 Å². The summed E-state index contributed by atoms with van der Waals surface area (Å²) in [5.74, 6) is -2.04. The maximum absolute atomic E-state index is 14.3. The summed E-state index contributed by atoms with van der Waals surface area (Å²) < 4.78 is 27.6. The Morgan fingerprint density at radius 2 is 1.88 bits per heavy atom. The molecule has 1 amide bonds. The number of fused-ring (bicyclic) bond motifs is 1. The van der Waals surface area contributed by atoms with Crippen molar-refractivity contribution in [2.75, 3.05) is 5.32 Å². The molecule has 0 spiro atoms. The fraction of sp³-hybridized carbons (Fsp3) is 0. The standard InChI is InChI=1S/C16H10F2N2O4/c17-7-1-2-9-11(3-7)19-13(6-14(9)22)15-10(18)4-8(21)5-12(15)20-16(23)24/h1-6,20-21H,(H,19,22)(H,23,24). The summed E-state index contributed by atoms with van der Waals surface area (Å²) in [4.78, 5) is 25.7. The summed E-state index contributed by atoms with van der Waals surface area (Å²) in [7, 11) is 0. The third-order valence-corrected chi connectivity index (χ3v) is 3.38. The number of hydrogen-bond acceptors (Lipinski definition) is 3. The second-order valence-electron chi connectivity index (χ2n) is 5.02. The number of halogens is 2. The van der Waals surface area contributed by atoms with Crippen LogP contribution in [0, 0.1) is 11.6 Å². The molecule has 0 saturated heterocycles. The van der Waals surface area contributed by atoms with Gasteiger partial charge in [0.05, 0.1) is 22.5 Å². The zero-order chi connectivity index (χ0) is 17.4. The first-order valence-corrected chi connectivity index (χ1v) is 6.70. The minimum absolute atomic E-state index is 0.0562. The summed E-state index contributed by atoms with van der Waals surface area (Å²) in [5.41, 5.74) is -0.942. The highest BCUT2D eigenvalue weighted by atomic mass is 19.1. The van der Waals surface area contributed by atoms with Gasteiger partial charge in [-0.2, -0.15) is 0 Å². The third kappa shape index (κ3) is 2.76. The van der Waals surface area contributed by atoms with Crippen LogP contribution in [0.5, 0.6) is 5.75 Å². The number of H-pyrrole nitrogens is 1. The molecule has 0 radical (unpaired) electrons. The molecule has 8 heteroatoms. The molecule has 0 saturated carbocycles. The Hall–Kier alpha value is -3.42. The molecule has 0 atom stereocenters. The topological polar surface area (TPSA) is 102 Å². The van der Waals surface area contributed by atoms with Crippen molar-refractivity contribution >= 4 is 22.7 Å². The average molecular weight is 332 g/mol. The van der Waals surface area contributed by atoms with Crippen LogP contribution >= 0.6 is 0 Å². The van der Waals surface area contributed by atoms with Crippen molar-refractivity contribution in [1.82, 2.24) is 4.98 Å². The van der Waals surface area contributed by atoms with Gasteiger partial charge in [0, 0.05) is 23.6 Å². The molecule has 24 heavy (non-hydrogen) atoms. The fourth-order valence-corrected chi connectivity index (χ4v) is 2.44. The molecular formula is C16H10F2N2O4. The SMILES string of the molecule is O=C(O)Nc1cc(O)cc(F)c1-c1cc(=O)c2ccc(F)cc2[nH]1. The molecule has 2 aromatic carbocycles. The minimum Gasteiger partial charge on any atom is -0.508 e. The molecule has 0 fully saturated rings. The van der Waals surface area contributed by atoms with Gasteiger partial charge in [-0.1, -0.05) is 0 Å². The maximum atomic E-state index is 14.3. The van der Waals surface area contributed by atoms with Crippen LogP contribution in [0.3, 0.4) is 0 Å². The number of carbonyl (C=O) groups is 1. The second-order valence-corrected chi connectivity index (χ2v) is 5.02. The van der Waals surface area contributed by atoms with Crippen LogP contribution in [0.2, 0.25) is 0 Å². The Morgan fingerprint density at radius 1 is 1.12 bits per heavy atom. The summed E-state index contributed by atoms with van der Waals surface area (Å²) in [5, 5.41) is 20.4. The Balaban J connectivity index is 2.31. The van der Waals surface area contributed by atoms with Gasteiger partial charge >= 0.3 is 6.09 Å². The third-order valence-electron chi connectivity index (χ3n) is 3.38. The average Bonchev–Trinajstić information content (AvgIpc) is 2.45. The molecular weight excluding hydrogens is 322 g/mol. The van der Waals surface area contributed by atoms with Crippen molar-refractivity contribution in [3.8, 4) is 17.0 Å². The van der Waals surface area contributed by atoms with E-state index >= 15 is 0 Å². The van der Waals surface area contributed by atoms with Crippen molar-refractivity contribution in [2.24, 2.45) is 0 Å². The molecule has 4 N–H and O–H groups in total. The molecule has 1 heterocycles. The van der Waals surface area contributed by atoms with E-state index in [1.165, 1.54) is 6.07 Å². The van der Waals surface area contributed by atoms with Crippen molar-refractivity contribution in [3.63, 3.8) is 0 Å². The molecule has 0 aliphatic rings. The molecule has 122 valence electrons. The summed E-state index contributed by atoms with van der Waals surface area (Å²) in [6.45, 7) is 0. The Bertz CT molecular complexity index is 1030. The predicted octanol–water partition coefficient (Wildman–Crippen LogP) is 3.27. The lowest BCUT2D eigenvalue weighted by molar-refractivity contribution is 0.210. The number of nitrogens with one attached hydrogen (secondary N) is 2. The Labute approximate surface area is 133 Å². The van der Waals surface area contributed by atoms with Gasteiger partial charge in [-0.05, 0) is 18.2 Å². The first kappa shape index (κ1) is 15.5. The normalized spacial score (nSPS) is 10.8. The number of aromatic amines is 1. The number of anilines is 1. The van der Waals surface area contributed by atoms with Crippen molar-refractivity contribution in [3.05, 3.63) is 58.3 Å². The number of phenolic OH excluding ortho intramolecular Hbond substituents is 1. The first-order chi connectivity index (χ1) is 11.3. The zero-order valence-corrected chi connectivity index (χ0v) is 11.9. The lowest BCUT2D eigenvalue weighted by Gasteiger charge is -2.12. The summed E-state index contributed by atoms with van der Waals surface area (Å²) >= 11 is 0. The highest BCUT2D eigenvalue weighted by Gasteiger charge is 2.17. The number of aromatic nitrogens is 1. The van der Waals surface area contributed by atoms with E-state index in [0.29, 0.717) is 0 Å². The largest absolute Gasteiger partial charge is 0.508 e. The molecule has 6 nitrogen and oxygen atoms in total. The van der Waals surface area contributed by atoms with Crippen LogP contribution in [0.25, 0.3) is 22.2 Å². The maximum Gasteiger partial charge on any atom is 0.409 e. The number of aromatic hydroxyl groups is 1. The zero-order valence-electron chi connectivity index (χ0n) is 11.9. The van der Waals surface area contributed by atoms with Gasteiger partial charge in [0.1, 0.15) is 17.4 Å². The van der Waals surface area contributed by atoms with E-state index in [9.17, 15) is 23.5 Å². The summed E-state index contributed by atoms with van der Waals surface area (Å²) in [6.07, 6.45) is -1.48.